The highest BCUT2D eigenvalue weighted by atomic mass is 16.5. The molecule has 0 spiro atoms. The van der Waals surface area contributed by atoms with Gasteiger partial charge in [-0.2, -0.15) is 0 Å². The first-order valence-electron chi connectivity index (χ1n) is 7.20. The number of ether oxygens (including phenoxy) is 1. The second kappa shape index (κ2) is 7.93. The van der Waals surface area contributed by atoms with Crippen molar-refractivity contribution in [3.05, 3.63) is 59.7 Å². The van der Waals surface area contributed by atoms with E-state index in [1.54, 1.807) is 0 Å². The third-order valence-corrected chi connectivity index (χ3v) is 3.24. The van der Waals surface area contributed by atoms with Crippen LogP contribution in [0.5, 0.6) is 0 Å². The van der Waals surface area contributed by atoms with Gasteiger partial charge < -0.3 is 14.7 Å². The second-order valence-corrected chi connectivity index (χ2v) is 5.41. The van der Waals surface area contributed by atoms with E-state index in [-0.39, 0.29) is 6.61 Å². The Morgan fingerprint density at radius 1 is 0.857 bits per heavy atom. The molecule has 3 nitrogen and oxygen atoms in total. The highest BCUT2D eigenvalue weighted by Crippen LogP contribution is 2.21. The average Bonchev–Trinajstić information content (AvgIpc) is 2.49. The van der Waals surface area contributed by atoms with Crippen LogP contribution in [0.1, 0.15) is 11.1 Å². The van der Waals surface area contributed by atoms with E-state index in [0.29, 0.717) is 13.2 Å². The molecule has 0 atom stereocenters. The summed E-state index contributed by atoms with van der Waals surface area (Å²) in [5.41, 5.74) is 4.87. The third-order valence-electron chi connectivity index (χ3n) is 3.24. The van der Waals surface area contributed by atoms with Gasteiger partial charge in [-0.3, -0.25) is 0 Å². The molecule has 0 saturated heterocycles. The van der Waals surface area contributed by atoms with Crippen molar-refractivity contribution in [1.82, 2.24) is 4.90 Å². The van der Waals surface area contributed by atoms with Crippen LogP contribution in [-0.4, -0.2) is 37.3 Å². The Labute approximate surface area is 126 Å². The first-order chi connectivity index (χ1) is 10.2. The van der Waals surface area contributed by atoms with Crippen LogP contribution in [-0.2, 0) is 17.9 Å². The van der Waals surface area contributed by atoms with Gasteiger partial charge in [-0.25, -0.2) is 0 Å². The molecule has 0 radical (unpaired) electrons. The number of aliphatic hydroxyl groups excluding tert-OH is 1. The van der Waals surface area contributed by atoms with Crippen molar-refractivity contribution in [2.45, 2.75) is 13.2 Å². The van der Waals surface area contributed by atoms with Crippen LogP contribution in [0.4, 0.5) is 0 Å². The van der Waals surface area contributed by atoms with E-state index < -0.39 is 0 Å². The normalized spacial score (nSPS) is 11.0. The number of aliphatic hydroxyl groups is 1. The Bertz CT molecular complexity index is 532. The molecule has 0 unspecified atom stereocenters. The summed E-state index contributed by atoms with van der Waals surface area (Å²) in [7, 11) is 4.15. The zero-order valence-electron chi connectivity index (χ0n) is 12.7. The van der Waals surface area contributed by atoms with E-state index >= 15 is 0 Å². The predicted octanol–water partition coefficient (Wildman–Crippen LogP) is 2.92. The molecule has 1 N–H and O–H groups in total. The zero-order chi connectivity index (χ0) is 15.1. The van der Waals surface area contributed by atoms with E-state index in [1.165, 1.54) is 16.7 Å². The summed E-state index contributed by atoms with van der Waals surface area (Å²) >= 11 is 0. The van der Waals surface area contributed by atoms with Crippen molar-refractivity contribution < 1.29 is 9.84 Å². The van der Waals surface area contributed by atoms with Crippen molar-refractivity contribution in [2.24, 2.45) is 0 Å². The highest BCUT2D eigenvalue weighted by molar-refractivity contribution is 5.63. The number of benzene rings is 2. The Morgan fingerprint density at radius 3 is 1.86 bits per heavy atom. The number of rotatable bonds is 7. The monoisotopic (exact) mass is 285 g/mol. The number of hydrogen-bond acceptors (Lipinski definition) is 3. The Balaban J connectivity index is 2.01. The molecule has 2 aromatic carbocycles. The fraction of sp³-hybridized carbons (Fsp3) is 0.333. The van der Waals surface area contributed by atoms with Crippen molar-refractivity contribution in [3.8, 4) is 11.1 Å². The maximum absolute atomic E-state index is 8.69. The molecule has 0 aromatic heterocycles. The molecule has 0 fully saturated rings. The molecule has 112 valence electrons. The lowest BCUT2D eigenvalue weighted by Crippen LogP contribution is -2.10. The van der Waals surface area contributed by atoms with E-state index in [4.69, 9.17) is 9.84 Å². The first-order valence-corrected chi connectivity index (χ1v) is 7.20. The first kappa shape index (κ1) is 15.7. The summed E-state index contributed by atoms with van der Waals surface area (Å²) in [4.78, 5) is 2.16. The summed E-state index contributed by atoms with van der Waals surface area (Å²) in [6, 6.07) is 17.0. The minimum Gasteiger partial charge on any atom is -0.394 e. The maximum atomic E-state index is 8.69. The third kappa shape index (κ3) is 4.97. The fourth-order valence-corrected chi connectivity index (χ4v) is 2.22. The smallest absolute Gasteiger partial charge is 0.0718 e. The van der Waals surface area contributed by atoms with Gasteiger partial charge in [0, 0.05) is 6.54 Å². The molecule has 0 heterocycles. The molecule has 0 amide bonds. The molecule has 0 bridgehead atoms. The Hall–Kier alpha value is -1.68. The lowest BCUT2D eigenvalue weighted by atomic mass is 10.0. The second-order valence-electron chi connectivity index (χ2n) is 5.41. The Kier molecular flexibility index (Phi) is 5.93. The van der Waals surface area contributed by atoms with Gasteiger partial charge in [-0.1, -0.05) is 48.5 Å². The SMILES string of the molecule is CN(C)Cc1ccc(-c2ccc(COCCO)cc2)cc1. The van der Waals surface area contributed by atoms with Crippen LogP contribution in [0.2, 0.25) is 0 Å². The van der Waals surface area contributed by atoms with Crippen molar-refractivity contribution in [1.29, 1.82) is 0 Å². The molecular weight excluding hydrogens is 262 g/mol. The van der Waals surface area contributed by atoms with E-state index in [2.05, 4.69) is 67.5 Å². The summed E-state index contributed by atoms with van der Waals surface area (Å²) in [5, 5.41) is 8.69. The summed E-state index contributed by atoms with van der Waals surface area (Å²) in [6.07, 6.45) is 0. The lowest BCUT2D eigenvalue weighted by molar-refractivity contribution is 0.0815. The Morgan fingerprint density at radius 2 is 1.38 bits per heavy atom. The van der Waals surface area contributed by atoms with Gasteiger partial charge >= 0.3 is 0 Å². The molecule has 0 aliphatic carbocycles. The molecule has 0 aliphatic rings. The van der Waals surface area contributed by atoms with E-state index in [9.17, 15) is 0 Å². The van der Waals surface area contributed by atoms with E-state index in [1.807, 2.05) is 0 Å². The average molecular weight is 285 g/mol. The van der Waals surface area contributed by atoms with Gasteiger partial charge in [-0.15, -0.1) is 0 Å². The van der Waals surface area contributed by atoms with Crippen LogP contribution < -0.4 is 0 Å². The predicted molar refractivity (Wildman–Crippen MR) is 86.0 cm³/mol. The topological polar surface area (TPSA) is 32.7 Å². The number of hydrogen-bond donors (Lipinski definition) is 1. The lowest BCUT2D eigenvalue weighted by Gasteiger charge is -2.10. The molecule has 0 aliphatic heterocycles. The largest absolute Gasteiger partial charge is 0.394 e. The molecule has 21 heavy (non-hydrogen) atoms. The van der Waals surface area contributed by atoms with Gasteiger partial charge in [0.2, 0.25) is 0 Å². The standard InChI is InChI=1S/C18H23NO2/c1-19(2)13-15-3-7-17(8-4-15)18-9-5-16(6-10-18)14-21-12-11-20/h3-10,20H,11-14H2,1-2H3. The highest BCUT2D eigenvalue weighted by Gasteiger charge is 2.00. The summed E-state index contributed by atoms with van der Waals surface area (Å²) in [6.45, 7) is 1.95. The van der Waals surface area contributed by atoms with Crippen molar-refractivity contribution in [3.63, 3.8) is 0 Å². The quantitative estimate of drug-likeness (QED) is 0.794. The van der Waals surface area contributed by atoms with Crippen LogP contribution in [0.15, 0.2) is 48.5 Å². The molecule has 2 rings (SSSR count). The molecule has 2 aromatic rings. The summed E-state index contributed by atoms with van der Waals surface area (Å²) < 4.78 is 5.31. The van der Waals surface area contributed by atoms with Gasteiger partial charge in [0.1, 0.15) is 0 Å². The van der Waals surface area contributed by atoms with Crippen LogP contribution >= 0.6 is 0 Å². The van der Waals surface area contributed by atoms with Crippen LogP contribution in [0, 0.1) is 0 Å². The molecule has 3 heteroatoms. The minimum atomic E-state index is 0.0668. The maximum Gasteiger partial charge on any atom is 0.0718 e. The van der Waals surface area contributed by atoms with Gasteiger partial charge in [0.05, 0.1) is 19.8 Å². The summed E-state index contributed by atoms with van der Waals surface area (Å²) in [5.74, 6) is 0. The number of nitrogens with zero attached hydrogens (tertiary/aromatic N) is 1. The van der Waals surface area contributed by atoms with E-state index in [0.717, 1.165) is 12.1 Å². The molecule has 0 saturated carbocycles. The van der Waals surface area contributed by atoms with Gasteiger partial charge in [0.15, 0.2) is 0 Å². The minimum absolute atomic E-state index is 0.0668. The fourth-order valence-electron chi connectivity index (χ4n) is 2.22. The van der Waals surface area contributed by atoms with Crippen molar-refractivity contribution in [2.75, 3.05) is 27.3 Å². The zero-order valence-corrected chi connectivity index (χ0v) is 12.7. The van der Waals surface area contributed by atoms with Crippen LogP contribution in [0.25, 0.3) is 11.1 Å². The molecular formula is C18H23NO2. The van der Waals surface area contributed by atoms with Gasteiger partial charge in [-0.05, 0) is 36.3 Å². The van der Waals surface area contributed by atoms with Crippen LogP contribution in [0.3, 0.4) is 0 Å². The van der Waals surface area contributed by atoms with Crippen molar-refractivity contribution >= 4 is 0 Å². The van der Waals surface area contributed by atoms with Gasteiger partial charge in [0.25, 0.3) is 0 Å².